The average Bonchev–Trinajstić information content (AvgIpc) is 2.35. The molecule has 2 N–H and O–H groups in total. The van der Waals surface area contributed by atoms with E-state index in [2.05, 4.69) is 17.7 Å². The third-order valence-electron chi connectivity index (χ3n) is 2.42. The second kappa shape index (κ2) is 8.74. The van der Waals surface area contributed by atoms with E-state index in [1.165, 1.54) is 6.92 Å². The van der Waals surface area contributed by atoms with Crippen molar-refractivity contribution in [3.05, 3.63) is 25.3 Å². The number of carbonyl (C=O) groups is 2. The Bertz CT molecular complexity index is 413. The zero-order chi connectivity index (χ0) is 16.5. The van der Waals surface area contributed by atoms with Gasteiger partial charge in [-0.05, 0) is 6.92 Å². The Balaban J connectivity index is 4.56. The smallest absolute Gasteiger partial charge is 0.462 e. The van der Waals surface area contributed by atoms with Crippen LogP contribution in [0.4, 0.5) is 0 Å². The van der Waals surface area contributed by atoms with E-state index in [0.29, 0.717) is 0 Å². The molecule has 0 heterocycles. The summed E-state index contributed by atoms with van der Waals surface area (Å²) in [4.78, 5) is 39.6. The Morgan fingerprint density at radius 1 is 1.10 bits per heavy atom. The molecule has 8 nitrogen and oxygen atoms in total. The molecule has 0 saturated heterocycles. The van der Waals surface area contributed by atoms with Crippen LogP contribution in [0.5, 0.6) is 0 Å². The summed E-state index contributed by atoms with van der Waals surface area (Å²) in [6.45, 7) is 7.59. The lowest BCUT2D eigenvalue weighted by molar-refractivity contribution is -0.139. The van der Waals surface area contributed by atoms with Gasteiger partial charge in [0.15, 0.2) is 0 Å². The number of esters is 2. The molecule has 0 rings (SSSR count). The van der Waals surface area contributed by atoms with E-state index in [1.54, 1.807) is 0 Å². The molecular weight excluding hydrogens is 303 g/mol. The third-order valence-corrected chi connectivity index (χ3v) is 3.10. The zero-order valence-corrected chi connectivity index (χ0v) is 12.6. The maximum absolute atomic E-state index is 11.0. The van der Waals surface area contributed by atoms with Gasteiger partial charge in [0.2, 0.25) is 0 Å². The van der Waals surface area contributed by atoms with Crippen molar-refractivity contribution >= 4 is 19.8 Å². The van der Waals surface area contributed by atoms with Gasteiger partial charge in [-0.3, -0.25) is 4.52 Å². The molecule has 0 fully saturated rings. The fourth-order valence-corrected chi connectivity index (χ4v) is 2.11. The van der Waals surface area contributed by atoms with Crippen molar-refractivity contribution in [1.29, 1.82) is 0 Å². The summed E-state index contributed by atoms with van der Waals surface area (Å²) in [6.07, 6.45) is 1.94. The highest BCUT2D eigenvalue weighted by atomic mass is 31.2. The Hall–Kier alpha value is -1.47. The summed E-state index contributed by atoms with van der Waals surface area (Å²) < 4.78 is 25.1. The molecule has 0 aromatic rings. The molecule has 21 heavy (non-hydrogen) atoms. The predicted molar refractivity (Wildman–Crippen MR) is 73.1 cm³/mol. The van der Waals surface area contributed by atoms with Crippen molar-refractivity contribution in [3.8, 4) is 0 Å². The molecule has 0 saturated carbocycles. The topological polar surface area (TPSA) is 119 Å². The third kappa shape index (κ3) is 9.97. The van der Waals surface area contributed by atoms with E-state index in [0.717, 1.165) is 12.2 Å². The van der Waals surface area contributed by atoms with Crippen molar-refractivity contribution in [2.75, 3.05) is 13.2 Å². The van der Waals surface area contributed by atoms with E-state index in [1.807, 2.05) is 0 Å². The second-order valence-electron chi connectivity index (χ2n) is 4.28. The van der Waals surface area contributed by atoms with Crippen LogP contribution in [0.3, 0.4) is 0 Å². The van der Waals surface area contributed by atoms with Crippen molar-refractivity contribution in [3.63, 3.8) is 0 Å². The summed E-state index contributed by atoms with van der Waals surface area (Å²) in [6, 6.07) is 0. The number of hydrogen-bond donors (Lipinski definition) is 2. The Kier molecular flexibility index (Phi) is 8.12. The van der Waals surface area contributed by atoms with Gasteiger partial charge < -0.3 is 19.3 Å². The van der Waals surface area contributed by atoms with Gasteiger partial charge >= 0.3 is 19.8 Å². The minimum atomic E-state index is -4.75. The number of phosphoric acid groups is 1. The first-order chi connectivity index (χ1) is 9.62. The molecule has 0 aliphatic heterocycles. The van der Waals surface area contributed by atoms with E-state index in [9.17, 15) is 14.2 Å². The van der Waals surface area contributed by atoms with Crippen LogP contribution in [-0.4, -0.2) is 40.5 Å². The highest BCUT2D eigenvalue weighted by Crippen LogP contribution is 2.43. The van der Waals surface area contributed by atoms with E-state index < -0.39 is 25.4 Å². The molecule has 0 aliphatic carbocycles. The highest BCUT2D eigenvalue weighted by molar-refractivity contribution is 7.46. The fourth-order valence-electron chi connectivity index (χ4n) is 1.36. The molecule has 0 unspecified atom stereocenters. The van der Waals surface area contributed by atoms with Gasteiger partial charge in [-0.15, -0.1) is 0 Å². The quantitative estimate of drug-likeness (QED) is 0.348. The Morgan fingerprint density at radius 3 is 1.76 bits per heavy atom. The van der Waals surface area contributed by atoms with Crippen LogP contribution >= 0.6 is 7.82 Å². The normalized spacial score (nSPS) is 11.6. The molecule has 9 heteroatoms. The Morgan fingerprint density at radius 2 is 1.48 bits per heavy atom. The van der Waals surface area contributed by atoms with Crippen molar-refractivity contribution < 1.29 is 37.9 Å². The monoisotopic (exact) mass is 322 g/mol. The Labute approximate surface area is 122 Å². The van der Waals surface area contributed by atoms with Gasteiger partial charge in [0.1, 0.15) is 0 Å². The maximum atomic E-state index is 11.0. The molecule has 0 radical (unpaired) electrons. The molecule has 0 aromatic carbocycles. The van der Waals surface area contributed by atoms with Gasteiger partial charge in [0, 0.05) is 25.0 Å². The van der Waals surface area contributed by atoms with Crippen LogP contribution in [0.1, 0.15) is 19.8 Å². The van der Waals surface area contributed by atoms with Crippen LogP contribution in [0.25, 0.3) is 0 Å². The van der Waals surface area contributed by atoms with Crippen LogP contribution in [0.2, 0.25) is 0 Å². The standard InChI is InChI=1S/C12H19O8P/c1-4-10(13)18-8-6-12(3,20-21(15,16)17)7-9-19-11(14)5-2/h4-5H,1-2,6-9H2,3H3,(H2,15,16,17). The number of carbonyl (C=O) groups excluding carboxylic acids is 2. The van der Waals surface area contributed by atoms with Crippen molar-refractivity contribution in [2.24, 2.45) is 0 Å². The van der Waals surface area contributed by atoms with Gasteiger partial charge in [-0.2, -0.15) is 0 Å². The van der Waals surface area contributed by atoms with Gasteiger partial charge in [0.05, 0.1) is 18.8 Å². The van der Waals surface area contributed by atoms with Crippen LogP contribution in [0, 0.1) is 0 Å². The summed E-state index contributed by atoms with van der Waals surface area (Å²) in [5.74, 6) is -1.32. The molecule has 0 aromatic heterocycles. The first-order valence-corrected chi connectivity index (χ1v) is 7.49. The molecule has 0 aliphatic rings. The summed E-state index contributed by atoms with van der Waals surface area (Å²) in [5.41, 5.74) is -1.33. The molecule has 0 bridgehead atoms. The molecule has 0 amide bonds. The SMILES string of the molecule is C=CC(=O)OCCC(C)(CCOC(=O)C=C)OP(=O)(O)O. The van der Waals surface area contributed by atoms with Crippen molar-refractivity contribution in [2.45, 2.75) is 25.4 Å². The summed E-state index contributed by atoms with van der Waals surface area (Å²) in [5, 5.41) is 0. The second-order valence-corrected chi connectivity index (χ2v) is 5.44. The number of ether oxygens (including phenoxy) is 2. The fraction of sp³-hybridized carbons (Fsp3) is 0.500. The first-order valence-electron chi connectivity index (χ1n) is 5.96. The highest BCUT2D eigenvalue weighted by Gasteiger charge is 2.33. The lowest BCUT2D eigenvalue weighted by Gasteiger charge is -2.29. The van der Waals surface area contributed by atoms with Gasteiger partial charge in [0.25, 0.3) is 0 Å². The molecular formula is C12H19O8P. The van der Waals surface area contributed by atoms with Crippen LogP contribution in [-0.2, 0) is 28.2 Å². The van der Waals surface area contributed by atoms with Gasteiger partial charge in [-0.1, -0.05) is 13.2 Å². The van der Waals surface area contributed by atoms with E-state index in [4.69, 9.17) is 19.3 Å². The molecule has 0 spiro atoms. The molecule has 120 valence electrons. The first kappa shape index (κ1) is 19.5. The lowest BCUT2D eigenvalue weighted by atomic mass is 9.99. The largest absolute Gasteiger partial charge is 0.470 e. The summed E-state index contributed by atoms with van der Waals surface area (Å²) >= 11 is 0. The number of rotatable bonds is 10. The number of phosphoric ester groups is 1. The number of hydrogen-bond acceptors (Lipinski definition) is 6. The van der Waals surface area contributed by atoms with E-state index >= 15 is 0 Å². The lowest BCUT2D eigenvalue weighted by Crippen LogP contribution is -2.31. The average molecular weight is 322 g/mol. The van der Waals surface area contributed by atoms with Crippen LogP contribution < -0.4 is 0 Å². The van der Waals surface area contributed by atoms with Gasteiger partial charge in [-0.25, -0.2) is 14.2 Å². The van der Waals surface area contributed by atoms with Crippen LogP contribution in [0.15, 0.2) is 25.3 Å². The zero-order valence-electron chi connectivity index (χ0n) is 11.7. The van der Waals surface area contributed by atoms with Crippen molar-refractivity contribution in [1.82, 2.24) is 0 Å². The van der Waals surface area contributed by atoms with E-state index in [-0.39, 0.29) is 26.1 Å². The maximum Gasteiger partial charge on any atom is 0.470 e. The minimum Gasteiger partial charge on any atom is -0.462 e. The minimum absolute atomic E-state index is 0.00330. The predicted octanol–water partition coefficient (Wildman–Crippen LogP) is 1.09. The molecule has 0 atom stereocenters. The summed E-state index contributed by atoms with van der Waals surface area (Å²) in [7, 11) is -4.75.